The first-order valence-corrected chi connectivity index (χ1v) is 4.48. The Morgan fingerprint density at radius 1 is 1.40 bits per heavy atom. The summed E-state index contributed by atoms with van der Waals surface area (Å²) in [5, 5.41) is 2.64. The standard InChI is InChI=1S/C11H12N2O2/c12-8-11(15)13-10-6-2-1-4-9(10)5-3-7-14/h1-7H,8,12H2,(H,13,15)/b5-3+. The number of aldehydes is 1. The van der Waals surface area contributed by atoms with Crippen LogP contribution in [0.2, 0.25) is 0 Å². The Balaban J connectivity index is 2.90. The number of nitrogens with two attached hydrogens (primary N) is 1. The summed E-state index contributed by atoms with van der Waals surface area (Å²) < 4.78 is 0. The normalized spacial score (nSPS) is 10.2. The van der Waals surface area contributed by atoms with Crippen LogP contribution >= 0.6 is 0 Å². The van der Waals surface area contributed by atoms with Crippen molar-refractivity contribution in [2.75, 3.05) is 11.9 Å². The van der Waals surface area contributed by atoms with E-state index >= 15 is 0 Å². The predicted molar refractivity (Wildman–Crippen MR) is 59.2 cm³/mol. The number of hydrogen-bond donors (Lipinski definition) is 2. The molecule has 0 unspecified atom stereocenters. The van der Waals surface area contributed by atoms with E-state index in [1.54, 1.807) is 24.3 Å². The molecule has 1 aromatic rings. The highest BCUT2D eigenvalue weighted by atomic mass is 16.1. The highest BCUT2D eigenvalue weighted by Crippen LogP contribution is 2.15. The Morgan fingerprint density at radius 3 is 2.80 bits per heavy atom. The molecule has 0 aromatic heterocycles. The second-order valence-corrected chi connectivity index (χ2v) is 2.83. The van der Waals surface area contributed by atoms with E-state index in [1.807, 2.05) is 6.07 Å². The minimum absolute atomic E-state index is 0.0638. The Morgan fingerprint density at radius 2 is 2.13 bits per heavy atom. The summed E-state index contributed by atoms with van der Waals surface area (Å²) in [5.41, 5.74) is 6.60. The van der Waals surface area contributed by atoms with Gasteiger partial charge in [-0.05, 0) is 23.8 Å². The second-order valence-electron chi connectivity index (χ2n) is 2.83. The van der Waals surface area contributed by atoms with Crippen molar-refractivity contribution in [2.45, 2.75) is 0 Å². The monoisotopic (exact) mass is 204 g/mol. The average Bonchev–Trinajstić information content (AvgIpc) is 2.28. The van der Waals surface area contributed by atoms with Crippen molar-refractivity contribution in [3.63, 3.8) is 0 Å². The molecule has 0 saturated carbocycles. The zero-order valence-corrected chi connectivity index (χ0v) is 8.14. The molecule has 15 heavy (non-hydrogen) atoms. The molecule has 0 heterocycles. The van der Waals surface area contributed by atoms with Gasteiger partial charge in [0.1, 0.15) is 6.29 Å². The van der Waals surface area contributed by atoms with Crippen molar-refractivity contribution < 1.29 is 9.59 Å². The van der Waals surface area contributed by atoms with Crippen LogP contribution in [0.4, 0.5) is 5.69 Å². The van der Waals surface area contributed by atoms with Gasteiger partial charge in [-0.25, -0.2) is 0 Å². The molecule has 78 valence electrons. The van der Waals surface area contributed by atoms with Crippen LogP contribution in [0.15, 0.2) is 30.3 Å². The van der Waals surface area contributed by atoms with Gasteiger partial charge < -0.3 is 11.1 Å². The molecule has 0 saturated heterocycles. The van der Waals surface area contributed by atoms with E-state index in [0.717, 1.165) is 5.56 Å². The van der Waals surface area contributed by atoms with Crippen molar-refractivity contribution in [1.82, 2.24) is 0 Å². The number of allylic oxidation sites excluding steroid dienone is 1. The maximum absolute atomic E-state index is 11.1. The highest BCUT2D eigenvalue weighted by Gasteiger charge is 2.01. The van der Waals surface area contributed by atoms with Gasteiger partial charge in [-0.3, -0.25) is 9.59 Å². The molecule has 4 heteroatoms. The van der Waals surface area contributed by atoms with E-state index in [9.17, 15) is 9.59 Å². The van der Waals surface area contributed by atoms with Gasteiger partial charge in [-0.2, -0.15) is 0 Å². The lowest BCUT2D eigenvalue weighted by Gasteiger charge is -2.06. The maximum Gasteiger partial charge on any atom is 0.238 e. The molecule has 0 radical (unpaired) electrons. The minimum atomic E-state index is -0.262. The van der Waals surface area contributed by atoms with Crippen LogP contribution in [0.5, 0.6) is 0 Å². The summed E-state index contributed by atoms with van der Waals surface area (Å²) in [7, 11) is 0. The zero-order chi connectivity index (χ0) is 11.1. The van der Waals surface area contributed by atoms with Crippen LogP contribution in [-0.4, -0.2) is 18.7 Å². The third-order valence-electron chi connectivity index (χ3n) is 1.77. The maximum atomic E-state index is 11.1. The van der Waals surface area contributed by atoms with E-state index in [4.69, 9.17) is 5.73 Å². The van der Waals surface area contributed by atoms with Crippen LogP contribution in [-0.2, 0) is 9.59 Å². The van der Waals surface area contributed by atoms with Crippen molar-refractivity contribution in [2.24, 2.45) is 5.73 Å². The molecule has 0 aliphatic heterocycles. The minimum Gasteiger partial charge on any atom is -0.324 e. The fraction of sp³-hybridized carbons (Fsp3) is 0.0909. The molecule has 4 nitrogen and oxygen atoms in total. The van der Waals surface area contributed by atoms with Gasteiger partial charge >= 0.3 is 0 Å². The lowest BCUT2D eigenvalue weighted by molar-refractivity contribution is -0.115. The molecular weight excluding hydrogens is 192 g/mol. The summed E-state index contributed by atoms with van der Waals surface area (Å²) in [6.45, 7) is -0.0638. The fourth-order valence-corrected chi connectivity index (χ4v) is 1.10. The molecule has 0 fully saturated rings. The Kier molecular flexibility index (Phi) is 4.25. The molecule has 0 atom stereocenters. The average molecular weight is 204 g/mol. The molecule has 1 amide bonds. The first-order chi connectivity index (χ1) is 7.27. The van der Waals surface area contributed by atoms with Crippen LogP contribution in [0.1, 0.15) is 5.56 Å². The van der Waals surface area contributed by atoms with E-state index in [-0.39, 0.29) is 12.5 Å². The Labute approximate surface area is 87.8 Å². The number of carbonyl (C=O) groups is 2. The van der Waals surface area contributed by atoms with Crippen molar-refractivity contribution >= 4 is 24.0 Å². The SMILES string of the molecule is NCC(=O)Nc1ccccc1/C=C/C=O. The summed E-state index contributed by atoms with van der Waals surface area (Å²) in [5.74, 6) is -0.262. The largest absolute Gasteiger partial charge is 0.324 e. The first-order valence-electron chi connectivity index (χ1n) is 4.48. The van der Waals surface area contributed by atoms with Crippen LogP contribution in [0.3, 0.4) is 0 Å². The van der Waals surface area contributed by atoms with E-state index in [1.165, 1.54) is 6.08 Å². The quantitative estimate of drug-likeness (QED) is 0.562. The third-order valence-corrected chi connectivity index (χ3v) is 1.77. The topological polar surface area (TPSA) is 72.2 Å². The second kappa shape index (κ2) is 5.72. The molecule has 0 aliphatic carbocycles. The van der Waals surface area contributed by atoms with Gasteiger partial charge in [0.25, 0.3) is 0 Å². The number of amides is 1. The predicted octanol–water partition coefficient (Wildman–Crippen LogP) is 0.796. The lowest BCUT2D eigenvalue weighted by Crippen LogP contribution is -2.22. The first kappa shape index (κ1) is 11.1. The highest BCUT2D eigenvalue weighted by molar-refractivity contribution is 5.94. The molecule has 1 aromatic carbocycles. The van der Waals surface area contributed by atoms with Gasteiger partial charge in [0, 0.05) is 5.69 Å². The van der Waals surface area contributed by atoms with Crippen LogP contribution in [0.25, 0.3) is 6.08 Å². The Hall–Kier alpha value is -1.94. The molecule has 3 N–H and O–H groups in total. The number of rotatable bonds is 4. The van der Waals surface area contributed by atoms with Crippen molar-refractivity contribution in [3.8, 4) is 0 Å². The summed E-state index contributed by atoms with van der Waals surface area (Å²) in [6, 6.07) is 7.16. The van der Waals surface area contributed by atoms with Gasteiger partial charge in [0.2, 0.25) is 5.91 Å². The van der Waals surface area contributed by atoms with E-state index < -0.39 is 0 Å². The van der Waals surface area contributed by atoms with Crippen LogP contribution in [0, 0.1) is 0 Å². The van der Waals surface area contributed by atoms with Gasteiger partial charge in [0.15, 0.2) is 0 Å². The van der Waals surface area contributed by atoms with E-state index in [0.29, 0.717) is 12.0 Å². The molecule has 0 aliphatic rings. The number of hydrogen-bond acceptors (Lipinski definition) is 3. The number of benzene rings is 1. The molecule has 0 bridgehead atoms. The van der Waals surface area contributed by atoms with Gasteiger partial charge in [-0.1, -0.05) is 18.2 Å². The summed E-state index contributed by atoms with van der Waals surface area (Å²) >= 11 is 0. The van der Waals surface area contributed by atoms with E-state index in [2.05, 4.69) is 5.32 Å². The summed E-state index contributed by atoms with van der Waals surface area (Å²) in [6.07, 6.45) is 3.67. The van der Waals surface area contributed by atoms with Gasteiger partial charge in [0.05, 0.1) is 6.54 Å². The Bertz CT molecular complexity index is 386. The fourth-order valence-electron chi connectivity index (χ4n) is 1.10. The number of para-hydroxylation sites is 1. The molecule has 0 spiro atoms. The lowest BCUT2D eigenvalue weighted by atomic mass is 10.1. The number of anilines is 1. The smallest absolute Gasteiger partial charge is 0.238 e. The zero-order valence-electron chi connectivity index (χ0n) is 8.14. The summed E-state index contributed by atoms with van der Waals surface area (Å²) in [4.78, 5) is 21.3. The molecular formula is C11H12N2O2. The van der Waals surface area contributed by atoms with Crippen LogP contribution < -0.4 is 11.1 Å². The third kappa shape index (κ3) is 3.36. The van der Waals surface area contributed by atoms with Gasteiger partial charge in [-0.15, -0.1) is 0 Å². The molecule has 1 rings (SSSR count). The van der Waals surface area contributed by atoms with Crippen molar-refractivity contribution in [3.05, 3.63) is 35.9 Å². The number of nitrogens with one attached hydrogen (secondary N) is 1. The number of carbonyl (C=O) groups excluding carboxylic acids is 2. The van der Waals surface area contributed by atoms with Crippen molar-refractivity contribution in [1.29, 1.82) is 0 Å².